The molecule has 1 aromatic carbocycles. The predicted molar refractivity (Wildman–Crippen MR) is 139 cm³/mol. The number of benzene rings is 1. The van der Waals surface area contributed by atoms with Crippen LogP contribution in [-0.4, -0.2) is 36.5 Å². The molecule has 0 spiro atoms. The third-order valence-corrected chi connectivity index (χ3v) is 6.04. The van der Waals surface area contributed by atoms with Gasteiger partial charge < -0.3 is 14.6 Å². The Kier molecular flexibility index (Phi) is 12.3. The number of aliphatic hydroxyl groups is 1. The number of methoxy groups -OCH3 is 2. The van der Waals surface area contributed by atoms with Crippen LogP contribution in [0.4, 0.5) is 0 Å². The van der Waals surface area contributed by atoms with Crippen LogP contribution in [0.25, 0.3) is 0 Å². The van der Waals surface area contributed by atoms with Crippen LogP contribution in [0.15, 0.2) is 35.4 Å². The van der Waals surface area contributed by atoms with Crippen molar-refractivity contribution in [2.45, 2.75) is 92.1 Å². The number of allylic oxidation sites excluding steroid dienone is 4. The lowest BCUT2D eigenvalue weighted by Crippen LogP contribution is -2.22. The van der Waals surface area contributed by atoms with Gasteiger partial charge in [-0.1, -0.05) is 24.1 Å². The molecule has 190 valence electrons. The molecule has 5 heteroatoms. The van der Waals surface area contributed by atoms with Crippen LogP contribution < -0.4 is 9.47 Å². The Morgan fingerprint density at radius 2 is 1.76 bits per heavy atom. The van der Waals surface area contributed by atoms with E-state index in [0.29, 0.717) is 25.7 Å². The Hall–Kier alpha value is -2.40. The molecule has 0 heterocycles. The number of hydrogen-bond donors (Lipinski definition) is 1. The summed E-state index contributed by atoms with van der Waals surface area (Å²) in [6.45, 7) is 11.3. The van der Waals surface area contributed by atoms with Crippen molar-refractivity contribution in [3.8, 4) is 11.5 Å². The Labute approximate surface area is 206 Å². The molecule has 0 amide bonds. The summed E-state index contributed by atoms with van der Waals surface area (Å²) in [6, 6.07) is 3.92. The minimum Gasteiger partial charge on any atom is -0.497 e. The van der Waals surface area contributed by atoms with Crippen LogP contribution in [0.5, 0.6) is 11.5 Å². The number of Topliss-reactive ketones (excluding diaryl/α,β-unsaturated/α-hetero) is 1. The second kappa shape index (κ2) is 14.1. The molecule has 0 aromatic heterocycles. The van der Waals surface area contributed by atoms with Gasteiger partial charge in [-0.05, 0) is 90.5 Å². The first-order valence-electron chi connectivity index (χ1n) is 12.2. The molecule has 0 aliphatic rings. The van der Waals surface area contributed by atoms with Crippen molar-refractivity contribution in [1.82, 2.24) is 0 Å². The lowest BCUT2D eigenvalue weighted by molar-refractivity contribution is -0.123. The number of rotatable bonds is 15. The highest BCUT2D eigenvalue weighted by Crippen LogP contribution is 2.29. The van der Waals surface area contributed by atoms with Gasteiger partial charge in [0.15, 0.2) is 5.78 Å². The maximum Gasteiger partial charge on any atom is 0.159 e. The number of aryl methyl sites for hydroxylation is 1. The Morgan fingerprint density at radius 3 is 2.35 bits per heavy atom. The molecule has 0 fully saturated rings. The normalized spacial score (nSPS) is 13.6. The molecule has 0 saturated carbocycles. The van der Waals surface area contributed by atoms with Crippen molar-refractivity contribution in [3.63, 3.8) is 0 Å². The van der Waals surface area contributed by atoms with E-state index in [9.17, 15) is 14.7 Å². The Balaban J connectivity index is 2.55. The molecule has 1 aromatic rings. The van der Waals surface area contributed by atoms with Gasteiger partial charge in [-0.15, -0.1) is 0 Å². The smallest absolute Gasteiger partial charge is 0.159 e. The van der Waals surface area contributed by atoms with E-state index in [2.05, 4.69) is 6.08 Å². The van der Waals surface area contributed by atoms with Gasteiger partial charge in [0.25, 0.3) is 0 Å². The highest BCUT2D eigenvalue weighted by Gasteiger charge is 2.18. The summed E-state index contributed by atoms with van der Waals surface area (Å²) in [6.07, 6.45) is 8.22. The number of ether oxygens (including phenoxy) is 2. The average Bonchev–Trinajstić information content (AvgIpc) is 2.74. The minimum atomic E-state index is -0.805. The van der Waals surface area contributed by atoms with Crippen molar-refractivity contribution in [2.24, 2.45) is 5.92 Å². The first-order valence-corrected chi connectivity index (χ1v) is 12.2. The lowest BCUT2D eigenvalue weighted by Gasteiger charge is -2.17. The van der Waals surface area contributed by atoms with Gasteiger partial charge in [0.05, 0.1) is 19.8 Å². The molecule has 0 saturated heterocycles. The average molecular weight is 473 g/mol. The fraction of sp³-hybridized carbons (Fsp3) is 0.586. The lowest BCUT2D eigenvalue weighted by atomic mass is 9.92. The van der Waals surface area contributed by atoms with Crippen LogP contribution in [-0.2, 0) is 16.0 Å². The highest BCUT2D eigenvalue weighted by molar-refractivity contribution is 5.91. The van der Waals surface area contributed by atoms with Gasteiger partial charge in [0.1, 0.15) is 17.3 Å². The molecule has 0 radical (unpaired) electrons. The minimum absolute atomic E-state index is 0.0201. The number of carbonyl (C=O) groups is 2. The molecule has 1 N–H and O–H groups in total. The summed E-state index contributed by atoms with van der Waals surface area (Å²) in [5.41, 5.74) is 3.30. The summed E-state index contributed by atoms with van der Waals surface area (Å²) >= 11 is 0. The molecular weight excluding hydrogens is 428 g/mol. The largest absolute Gasteiger partial charge is 0.497 e. The first-order chi connectivity index (χ1) is 15.9. The van der Waals surface area contributed by atoms with E-state index >= 15 is 0 Å². The monoisotopic (exact) mass is 472 g/mol. The third kappa shape index (κ3) is 11.1. The molecule has 0 aliphatic carbocycles. The number of hydrogen-bond acceptors (Lipinski definition) is 5. The topological polar surface area (TPSA) is 72.8 Å². The van der Waals surface area contributed by atoms with Gasteiger partial charge in [-0.2, -0.15) is 0 Å². The van der Waals surface area contributed by atoms with Gasteiger partial charge in [-0.3, -0.25) is 9.59 Å². The summed E-state index contributed by atoms with van der Waals surface area (Å²) in [5.74, 6) is 1.91. The SMILES string of the molecule is COc1cc(C)c(OC)c(CC=C(C)CC(=O)C=C(C)CCCC(C)C(=O)CCC(C)(C)O)c1. The van der Waals surface area contributed by atoms with E-state index in [0.717, 1.165) is 53.0 Å². The zero-order valence-corrected chi connectivity index (χ0v) is 22.4. The molecular formula is C29H44O5. The zero-order chi connectivity index (χ0) is 25.9. The number of carbonyl (C=O) groups excluding carboxylic acids is 2. The fourth-order valence-electron chi connectivity index (χ4n) is 3.93. The summed E-state index contributed by atoms with van der Waals surface area (Å²) in [7, 11) is 3.31. The third-order valence-electron chi connectivity index (χ3n) is 6.04. The van der Waals surface area contributed by atoms with Gasteiger partial charge >= 0.3 is 0 Å². The molecule has 1 rings (SSSR count). The van der Waals surface area contributed by atoms with Gasteiger partial charge in [0, 0.05) is 24.3 Å². The van der Waals surface area contributed by atoms with Gasteiger partial charge in [0.2, 0.25) is 0 Å². The molecule has 5 nitrogen and oxygen atoms in total. The molecule has 1 atom stereocenters. The maximum atomic E-state index is 12.5. The quantitative estimate of drug-likeness (QED) is 0.238. The highest BCUT2D eigenvalue weighted by atomic mass is 16.5. The predicted octanol–water partition coefficient (Wildman–Crippen LogP) is 6.33. The van der Waals surface area contributed by atoms with Crippen molar-refractivity contribution in [3.05, 3.63) is 46.6 Å². The van der Waals surface area contributed by atoms with Crippen LogP contribution in [0.2, 0.25) is 0 Å². The van der Waals surface area contributed by atoms with Crippen LogP contribution in [0.3, 0.4) is 0 Å². The van der Waals surface area contributed by atoms with Crippen LogP contribution in [0.1, 0.15) is 84.3 Å². The fourth-order valence-corrected chi connectivity index (χ4v) is 3.93. The maximum absolute atomic E-state index is 12.5. The number of ketones is 2. The van der Waals surface area contributed by atoms with E-state index in [1.807, 2.05) is 39.8 Å². The first kappa shape index (κ1) is 29.6. The van der Waals surface area contributed by atoms with E-state index in [1.165, 1.54) is 0 Å². The molecule has 34 heavy (non-hydrogen) atoms. The Bertz CT molecular complexity index is 887. The second-order valence-corrected chi connectivity index (χ2v) is 10.1. The molecule has 0 aliphatic heterocycles. The summed E-state index contributed by atoms with van der Waals surface area (Å²) in [5, 5.41) is 9.78. The Morgan fingerprint density at radius 1 is 1.09 bits per heavy atom. The van der Waals surface area contributed by atoms with E-state index in [1.54, 1.807) is 34.1 Å². The van der Waals surface area contributed by atoms with Crippen molar-refractivity contribution < 1.29 is 24.2 Å². The standard InChI is InChI=1S/C29H44O5/c1-20(10-9-11-22(3)27(31)14-15-29(5,6)32)16-25(30)17-21(2)12-13-24-19-26(33-7)18-23(4)28(24)34-8/h12,16,18-19,22,32H,9-11,13-15,17H2,1-8H3. The van der Waals surface area contributed by atoms with Crippen LogP contribution >= 0.6 is 0 Å². The van der Waals surface area contributed by atoms with Crippen molar-refractivity contribution in [2.75, 3.05) is 14.2 Å². The van der Waals surface area contributed by atoms with Crippen molar-refractivity contribution >= 4 is 11.6 Å². The summed E-state index contributed by atoms with van der Waals surface area (Å²) < 4.78 is 10.9. The summed E-state index contributed by atoms with van der Waals surface area (Å²) in [4.78, 5) is 24.7. The van der Waals surface area contributed by atoms with Crippen LogP contribution in [0, 0.1) is 12.8 Å². The van der Waals surface area contributed by atoms with Crippen molar-refractivity contribution in [1.29, 1.82) is 0 Å². The van der Waals surface area contributed by atoms with E-state index in [-0.39, 0.29) is 17.5 Å². The molecule has 1 unspecified atom stereocenters. The molecule has 0 bridgehead atoms. The van der Waals surface area contributed by atoms with Gasteiger partial charge in [-0.25, -0.2) is 0 Å². The zero-order valence-electron chi connectivity index (χ0n) is 22.4. The second-order valence-electron chi connectivity index (χ2n) is 10.1. The van der Waals surface area contributed by atoms with E-state index in [4.69, 9.17) is 9.47 Å². The van der Waals surface area contributed by atoms with E-state index < -0.39 is 5.60 Å².